The minimum atomic E-state index is 0.230. The van der Waals surface area contributed by atoms with Crippen LogP contribution in [0.2, 0.25) is 0 Å². The first-order valence-electron chi connectivity index (χ1n) is 5.80. The van der Waals surface area contributed by atoms with E-state index in [2.05, 4.69) is 19.9 Å². The lowest BCUT2D eigenvalue weighted by molar-refractivity contribution is 0.259. The number of ether oxygens (including phenoxy) is 2. The van der Waals surface area contributed by atoms with E-state index in [0.717, 1.165) is 11.5 Å². The molecule has 0 unspecified atom stereocenters. The summed E-state index contributed by atoms with van der Waals surface area (Å²) in [7, 11) is 4.98. The van der Waals surface area contributed by atoms with Gasteiger partial charge in [-0.05, 0) is 6.92 Å². The van der Waals surface area contributed by atoms with Gasteiger partial charge in [0, 0.05) is 7.05 Å². The zero-order valence-electron chi connectivity index (χ0n) is 11.5. The van der Waals surface area contributed by atoms with Crippen molar-refractivity contribution in [3.63, 3.8) is 0 Å². The highest BCUT2D eigenvalue weighted by Gasteiger charge is 2.22. The van der Waals surface area contributed by atoms with E-state index in [-0.39, 0.29) is 12.0 Å². The highest BCUT2D eigenvalue weighted by Crippen LogP contribution is 2.20. The number of rotatable bonds is 4. The van der Waals surface area contributed by atoms with Crippen molar-refractivity contribution in [2.24, 2.45) is 5.73 Å². The van der Waals surface area contributed by atoms with Crippen LogP contribution in [0.3, 0.4) is 0 Å². The average Bonchev–Trinajstić information content (AvgIpc) is 2.65. The number of allylic oxidation sites excluding steroid dienone is 1. The van der Waals surface area contributed by atoms with Gasteiger partial charge in [-0.1, -0.05) is 0 Å². The van der Waals surface area contributed by atoms with Crippen LogP contribution in [0.1, 0.15) is 12.7 Å². The maximum Gasteiger partial charge on any atom is 0.322 e. The number of aromatic nitrogens is 3. The van der Waals surface area contributed by atoms with Gasteiger partial charge in [-0.25, -0.2) is 0 Å². The van der Waals surface area contributed by atoms with Crippen LogP contribution in [0.4, 0.5) is 0 Å². The number of hydrogen-bond acceptors (Lipinski definition) is 8. The molecule has 1 aromatic heterocycles. The molecule has 0 spiro atoms. The Kier molecular flexibility index (Phi) is 3.59. The highest BCUT2D eigenvalue weighted by atomic mass is 16.5. The van der Waals surface area contributed by atoms with Crippen LogP contribution in [-0.4, -0.2) is 52.7 Å². The van der Waals surface area contributed by atoms with Crippen LogP contribution < -0.4 is 15.2 Å². The van der Waals surface area contributed by atoms with Crippen LogP contribution in [0.5, 0.6) is 12.0 Å². The number of methoxy groups -OCH3 is 2. The van der Waals surface area contributed by atoms with E-state index in [4.69, 9.17) is 15.2 Å². The predicted octanol–water partition coefficient (Wildman–Crippen LogP) is -0.259. The summed E-state index contributed by atoms with van der Waals surface area (Å²) < 4.78 is 10.0. The van der Waals surface area contributed by atoms with Gasteiger partial charge in [0.15, 0.2) is 5.82 Å². The van der Waals surface area contributed by atoms with Gasteiger partial charge in [-0.2, -0.15) is 9.97 Å². The summed E-state index contributed by atoms with van der Waals surface area (Å²) in [5, 5.41) is 0. The smallest absolute Gasteiger partial charge is 0.322 e. The SMILES string of the molecule is COc1nc(CN2CN(C)C(C)=C2N)nc(OC)n1. The molecule has 2 N–H and O–H groups in total. The average molecular weight is 266 g/mol. The Hall–Kier alpha value is -2.25. The first-order valence-corrected chi connectivity index (χ1v) is 5.80. The molecular formula is C11H18N6O2. The minimum absolute atomic E-state index is 0.230. The normalized spacial score (nSPS) is 15.2. The standard InChI is InChI=1S/C11H18N6O2/c1-7-9(12)17(6-16(7)2)5-8-13-10(18-3)15-11(14-8)19-4/h5-6,12H2,1-4H3. The fourth-order valence-electron chi connectivity index (χ4n) is 1.80. The maximum atomic E-state index is 6.03. The molecule has 0 atom stereocenters. The zero-order valence-corrected chi connectivity index (χ0v) is 11.5. The number of hydrogen-bond donors (Lipinski definition) is 1. The quantitative estimate of drug-likeness (QED) is 0.797. The Balaban J connectivity index is 2.20. The van der Waals surface area contributed by atoms with Crippen molar-refractivity contribution in [2.75, 3.05) is 27.9 Å². The number of nitrogens with zero attached hydrogens (tertiary/aromatic N) is 5. The summed E-state index contributed by atoms with van der Waals surface area (Å²) in [4.78, 5) is 16.4. The van der Waals surface area contributed by atoms with Gasteiger partial charge < -0.3 is 25.0 Å². The molecule has 104 valence electrons. The summed E-state index contributed by atoms with van der Waals surface area (Å²) in [6.07, 6.45) is 0. The van der Waals surface area contributed by atoms with E-state index in [1.165, 1.54) is 14.2 Å². The van der Waals surface area contributed by atoms with Gasteiger partial charge >= 0.3 is 12.0 Å². The molecule has 19 heavy (non-hydrogen) atoms. The second-order valence-corrected chi connectivity index (χ2v) is 4.23. The molecule has 0 bridgehead atoms. The van der Waals surface area contributed by atoms with Crippen LogP contribution in [0.25, 0.3) is 0 Å². The Morgan fingerprint density at radius 3 is 2.16 bits per heavy atom. The van der Waals surface area contributed by atoms with Crippen LogP contribution in [0, 0.1) is 0 Å². The summed E-state index contributed by atoms with van der Waals surface area (Å²) in [5.74, 6) is 1.27. The third-order valence-corrected chi connectivity index (χ3v) is 3.00. The molecule has 2 heterocycles. The molecule has 0 radical (unpaired) electrons. The van der Waals surface area contributed by atoms with Gasteiger partial charge in [0.25, 0.3) is 0 Å². The Morgan fingerprint density at radius 1 is 1.16 bits per heavy atom. The molecule has 0 fully saturated rings. The molecular weight excluding hydrogens is 248 g/mol. The van der Waals surface area contributed by atoms with Crippen LogP contribution in [-0.2, 0) is 6.54 Å². The van der Waals surface area contributed by atoms with Gasteiger partial charge in [-0.15, -0.1) is 4.98 Å². The van der Waals surface area contributed by atoms with Gasteiger partial charge in [0.1, 0.15) is 5.82 Å². The summed E-state index contributed by atoms with van der Waals surface area (Å²) in [5.41, 5.74) is 7.07. The highest BCUT2D eigenvalue weighted by molar-refractivity contribution is 5.13. The lowest BCUT2D eigenvalue weighted by Gasteiger charge is -2.19. The third-order valence-electron chi connectivity index (χ3n) is 3.00. The van der Waals surface area contributed by atoms with Crippen molar-refractivity contribution >= 4 is 0 Å². The van der Waals surface area contributed by atoms with Crippen molar-refractivity contribution in [3.05, 3.63) is 17.3 Å². The van der Waals surface area contributed by atoms with Gasteiger partial charge in [0.05, 0.1) is 33.1 Å². The Morgan fingerprint density at radius 2 is 1.74 bits per heavy atom. The maximum absolute atomic E-state index is 6.03. The van der Waals surface area contributed by atoms with Gasteiger partial charge in [-0.3, -0.25) is 0 Å². The molecule has 1 aliphatic heterocycles. The number of nitrogens with two attached hydrogens (primary N) is 1. The van der Waals surface area contributed by atoms with E-state index in [0.29, 0.717) is 19.0 Å². The van der Waals surface area contributed by atoms with Crippen molar-refractivity contribution < 1.29 is 9.47 Å². The van der Waals surface area contributed by atoms with Crippen LogP contribution in [0.15, 0.2) is 11.5 Å². The topological polar surface area (TPSA) is 89.6 Å². The molecule has 0 amide bonds. The molecule has 1 aromatic rings. The van der Waals surface area contributed by atoms with Crippen molar-refractivity contribution in [1.82, 2.24) is 24.8 Å². The van der Waals surface area contributed by atoms with Crippen LogP contribution >= 0.6 is 0 Å². The van der Waals surface area contributed by atoms with E-state index in [1.54, 1.807) is 0 Å². The van der Waals surface area contributed by atoms with Crippen molar-refractivity contribution in [2.45, 2.75) is 13.5 Å². The molecule has 8 heteroatoms. The molecule has 8 nitrogen and oxygen atoms in total. The third kappa shape index (κ3) is 2.61. The van der Waals surface area contributed by atoms with Crippen molar-refractivity contribution in [1.29, 1.82) is 0 Å². The molecule has 0 aliphatic carbocycles. The molecule has 1 aliphatic rings. The van der Waals surface area contributed by atoms with Gasteiger partial charge in [0.2, 0.25) is 0 Å². The lowest BCUT2D eigenvalue weighted by atomic mass is 10.4. The molecule has 0 aromatic carbocycles. The second-order valence-electron chi connectivity index (χ2n) is 4.23. The monoisotopic (exact) mass is 266 g/mol. The second kappa shape index (κ2) is 5.17. The fraction of sp³-hybridized carbons (Fsp3) is 0.545. The van der Waals surface area contributed by atoms with E-state index < -0.39 is 0 Å². The van der Waals surface area contributed by atoms with E-state index in [1.807, 2.05) is 18.9 Å². The van der Waals surface area contributed by atoms with E-state index >= 15 is 0 Å². The minimum Gasteiger partial charge on any atom is -0.467 e. The first-order chi connectivity index (χ1) is 9.05. The molecule has 0 saturated carbocycles. The molecule has 0 saturated heterocycles. The summed E-state index contributed by atoms with van der Waals surface area (Å²) in [6.45, 7) is 3.15. The fourth-order valence-corrected chi connectivity index (χ4v) is 1.80. The van der Waals surface area contributed by atoms with Crippen molar-refractivity contribution in [3.8, 4) is 12.0 Å². The predicted molar refractivity (Wildman–Crippen MR) is 68.0 cm³/mol. The lowest BCUT2D eigenvalue weighted by Crippen LogP contribution is -2.28. The summed E-state index contributed by atoms with van der Waals surface area (Å²) in [6, 6.07) is 0.461. The summed E-state index contributed by atoms with van der Waals surface area (Å²) >= 11 is 0. The zero-order chi connectivity index (χ0) is 14.0. The Bertz CT molecular complexity index is 482. The first kappa shape index (κ1) is 13.2. The molecule has 2 rings (SSSR count). The van der Waals surface area contributed by atoms with E-state index in [9.17, 15) is 0 Å². The largest absolute Gasteiger partial charge is 0.467 e. The Labute approximate surface area is 111 Å².